The Morgan fingerprint density at radius 3 is 2.27 bits per heavy atom. The van der Waals surface area contributed by atoms with Gasteiger partial charge in [-0.2, -0.15) is 0 Å². The number of hydrogen-bond donors (Lipinski definition) is 1. The van der Waals surface area contributed by atoms with Gasteiger partial charge in [-0.1, -0.05) is 87.5 Å². The number of tetrazole rings is 1. The molecule has 2 aromatic heterocycles. The van der Waals surface area contributed by atoms with Gasteiger partial charge < -0.3 is 4.98 Å². The van der Waals surface area contributed by atoms with Crippen molar-refractivity contribution < 1.29 is 0 Å². The highest BCUT2D eigenvalue weighted by Crippen LogP contribution is 2.33. The Kier molecular flexibility index (Phi) is 8.18. The first-order valence-corrected chi connectivity index (χ1v) is 14.5. The van der Waals surface area contributed by atoms with Crippen molar-refractivity contribution in [2.75, 3.05) is 0 Å². The number of aryl methyl sites for hydroxylation is 1. The molecule has 3 aromatic carbocycles. The molecule has 1 atom stereocenters. The molecule has 5 rings (SSSR count). The van der Waals surface area contributed by atoms with Gasteiger partial charge in [0.2, 0.25) is 0 Å². The van der Waals surface area contributed by atoms with Crippen LogP contribution in [0.2, 0.25) is 0 Å². The lowest BCUT2D eigenvalue weighted by atomic mass is 9.97. The molecule has 0 spiro atoms. The molecule has 0 fully saturated rings. The van der Waals surface area contributed by atoms with Crippen molar-refractivity contribution >= 4 is 10.9 Å². The summed E-state index contributed by atoms with van der Waals surface area (Å²) in [6.07, 6.45) is 0.834. The molecule has 1 N–H and O–H groups in total. The maximum atomic E-state index is 13.9. The van der Waals surface area contributed by atoms with Crippen molar-refractivity contribution in [3.8, 4) is 0 Å². The SMILES string of the molecule is CCC(C)(C)n1nnnc1C(c1cc2ccc(C)cc2[nH]c1=O)N(Cc1ccccc1)Cc1ccc(C(C)C)cc1. The number of benzene rings is 3. The summed E-state index contributed by atoms with van der Waals surface area (Å²) in [5.41, 5.74) is 5.69. The van der Waals surface area contributed by atoms with Crippen LogP contribution >= 0.6 is 0 Å². The van der Waals surface area contributed by atoms with Crippen LogP contribution in [-0.4, -0.2) is 30.1 Å². The van der Waals surface area contributed by atoms with Crippen LogP contribution in [-0.2, 0) is 18.6 Å². The molecular formula is C34H40N6O. The van der Waals surface area contributed by atoms with Crippen LogP contribution < -0.4 is 5.56 Å². The summed E-state index contributed by atoms with van der Waals surface area (Å²) >= 11 is 0. The van der Waals surface area contributed by atoms with E-state index >= 15 is 0 Å². The Morgan fingerprint density at radius 1 is 0.927 bits per heavy atom. The van der Waals surface area contributed by atoms with Gasteiger partial charge in [0.25, 0.3) is 5.56 Å². The minimum absolute atomic E-state index is 0.134. The topological polar surface area (TPSA) is 79.7 Å². The number of pyridine rings is 1. The Labute approximate surface area is 242 Å². The molecule has 7 nitrogen and oxygen atoms in total. The van der Waals surface area contributed by atoms with Gasteiger partial charge in [-0.3, -0.25) is 9.69 Å². The standard InChI is InChI=1S/C34H40N6O/c1-7-34(5,6)40-32(36-37-38-40)31(29-20-28-16-13-24(4)19-30(28)35-33(29)41)39(21-25-11-9-8-10-12-25)22-26-14-17-27(18-15-26)23(2)3/h8-20,23,31H,7,21-22H2,1-6H3,(H,35,41). The fourth-order valence-electron chi connectivity index (χ4n) is 5.28. The van der Waals surface area contributed by atoms with Gasteiger partial charge in [0.1, 0.15) is 6.04 Å². The molecule has 0 bridgehead atoms. The van der Waals surface area contributed by atoms with E-state index in [1.165, 1.54) is 5.56 Å². The first-order chi connectivity index (χ1) is 19.7. The van der Waals surface area contributed by atoms with E-state index in [1.54, 1.807) is 0 Å². The van der Waals surface area contributed by atoms with Gasteiger partial charge >= 0.3 is 0 Å². The highest BCUT2D eigenvalue weighted by atomic mass is 16.1. The summed E-state index contributed by atoms with van der Waals surface area (Å²) in [7, 11) is 0. The zero-order chi connectivity index (χ0) is 29.1. The summed E-state index contributed by atoms with van der Waals surface area (Å²) in [6, 6.07) is 26.8. The molecule has 0 saturated carbocycles. The largest absolute Gasteiger partial charge is 0.322 e. The van der Waals surface area contributed by atoms with Gasteiger partial charge in [-0.15, -0.1) is 5.10 Å². The lowest BCUT2D eigenvalue weighted by molar-refractivity contribution is 0.180. The maximum Gasteiger partial charge on any atom is 0.253 e. The fraction of sp³-hybridized carbons (Fsp3) is 0.353. The molecule has 0 aliphatic rings. The third-order valence-corrected chi connectivity index (χ3v) is 8.13. The molecule has 1 unspecified atom stereocenters. The van der Waals surface area contributed by atoms with E-state index in [0.29, 0.717) is 30.4 Å². The van der Waals surface area contributed by atoms with Crippen LogP contribution in [0.25, 0.3) is 10.9 Å². The van der Waals surface area contributed by atoms with E-state index in [4.69, 9.17) is 0 Å². The molecule has 0 aliphatic carbocycles. The van der Waals surface area contributed by atoms with Gasteiger partial charge in [0.05, 0.1) is 5.54 Å². The summed E-state index contributed by atoms with van der Waals surface area (Å²) in [5, 5.41) is 14.2. The van der Waals surface area contributed by atoms with Crippen molar-refractivity contribution in [2.24, 2.45) is 0 Å². The average Bonchev–Trinajstić information content (AvgIpc) is 3.45. The van der Waals surface area contributed by atoms with E-state index in [2.05, 4.69) is 121 Å². The number of aromatic amines is 1. The Hall–Kier alpha value is -4.10. The normalized spacial score (nSPS) is 12.9. The van der Waals surface area contributed by atoms with Gasteiger partial charge in [-0.25, -0.2) is 4.68 Å². The number of hydrogen-bond acceptors (Lipinski definition) is 5. The van der Waals surface area contributed by atoms with Crippen molar-refractivity contribution in [3.63, 3.8) is 0 Å². The monoisotopic (exact) mass is 548 g/mol. The lowest BCUT2D eigenvalue weighted by Gasteiger charge is -2.33. The Balaban J connectivity index is 1.71. The van der Waals surface area contributed by atoms with Crippen LogP contribution in [0.15, 0.2) is 83.7 Å². The van der Waals surface area contributed by atoms with E-state index in [-0.39, 0.29) is 11.1 Å². The van der Waals surface area contributed by atoms with Crippen molar-refractivity contribution in [1.29, 1.82) is 0 Å². The van der Waals surface area contributed by atoms with Crippen molar-refractivity contribution in [1.82, 2.24) is 30.1 Å². The average molecular weight is 549 g/mol. The maximum absolute atomic E-state index is 13.9. The minimum atomic E-state index is -0.491. The molecule has 2 heterocycles. The van der Waals surface area contributed by atoms with Crippen LogP contribution in [0.3, 0.4) is 0 Å². The summed E-state index contributed by atoms with van der Waals surface area (Å²) in [6.45, 7) is 14.0. The number of H-pyrrole nitrogens is 1. The van der Waals surface area contributed by atoms with Gasteiger partial charge in [0, 0.05) is 24.2 Å². The molecule has 0 amide bonds. The molecule has 0 radical (unpaired) electrons. The number of nitrogens with one attached hydrogen (secondary N) is 1. The molecular weight excluding hydrogens is 508 g/mol. The minimum Gasteiger partial charge on any atom is -0.322 e. The first kappa shape index (κ1) is 28.4. The molecule has 0 aliphatic heterocycles. The highest BCUT2D eigenvalue weighted by Gasteiger charge is 2.34. The summed E-state index contributed by atoms with van der Waals surface area (Å²) < 4.78 is 1.90. The number of aromatic nitrogens is 5. The second-order valence-corrected chi connectivity index (χ2v) is 11.9. The zero-order valence-electron chi connectivity index (χ0n) is 24.9. The van der Waals surface area contributed by atoms with Crippen molar-refractivity contribution in [3.05, 3.63) is 123 Å². The molecule has 5 aromatic rings. The molecule has 41 heavy (non-hydrogen) atoms. The first-order valence-electron chi connectivity index (χ1n) is 14.5. The summed E-state index contributed by atoms with van der Waals surface area (Å²) in [5.74, 6) is 1.11. The molecule has 212 valence electrons. The molecule has 7 heteroatoms. The van der Waals surface area contributed by atoms with Crippen LogP contribution in [0.5, 0.6) is 0 Å². The number of rotatable bonds is 10. The van der Waals surface area contributed by atoms with Gasteiger partial charge in [0.15, 0.2) is 5.82 Å². The lowest BCUT2D eigenvalue weighted by Crippen LogP contribution is -2.38. The third kappa shape index (κ3) is 6.15. The van der Waals surface area contributed by atoms with Crippen LogP contribution in [0.4, 0.5) is 0 Å². The van der Waals surface area contributed by atoms with Crippen LogP contribution in [0.1, 0.15) is 86.6 Å². The third-order valence-electron chi connectivity index (χ3n) is 8.13. The fourth-order valence-corrected chi connectivity index (χ4v) is 5.28. The zero-order valence-corrected chi connectivity index (χ0v) is 24.9. The van der Waals surface area contributed by atoms with E-state index in [1.807, 2.05) is 29.8 Å². The van der Waals surface area contributed by atoms with Crippen LogP contribution in [0, 0.1) is 6.92 Å². The van der Waals surface area contributed by atoms with E-state index in [9.17, 15) is 4.79 Å². The second-order valence-electron chi connectivity index (χ2n) is 11.9. The second kappa shape index (κ2) is 11.8. The number of nitrogens with zero attached hydrogens (tertiary/aromatic N) is 5. The quantitative estimate of drug-likeness (QED) is 0.206. The van der Waals surface area contributed by atoms with Crippen molar-refractivity contribution in [2.45, 2.75) is 78.6 Å². The Morgan fingerprint density at radius 2 is 1.61 bits per heavy atom. The predicted octanol–water partition coefficient (Wildman–Crippen LogP) is 6.88. The predicted molar refractivity (Wildman–Crippen MR) is 165 cm³/mol. The van der Waals surface area contributed by atoms with Gasteiger partial charge in [-0.05, 0) is 83.3 Å². The van der Waals surface area contributed by atoms with E-state index < -0.39 is 6.04 Å². The Bertz CT molecular complexity index is 1670. The smallest absolute Gasteiger partial charge is 0.253 e. The van der Waals surface area contributed by atoms with E-state index in [0.717, 1.165) is 34.0 Å². The summed E-state index contributed by atoms with van der Waals surface area (Å²) in [4.78, 5) is 19.4. The number of fused-ring (bicyclic) bond motifs is 1. The highest BCUT2D eigenvalue weighted by molar-refractivity contribution is 5.79. The molecule has 0 saturated heterocycles.